The van der Waals surface area contributed by atoms with Crippen molar-refractivity contribution >= 4 is 65.4 Å². The summed E-state index contributed by atoms with van der Waals surface area (Å²) >= 11 is 0. The summed E-state index contributed by atoms with van der Waals surface area (Å²) in [6.45, 7) is 9.41. The van der Waals surface area contributed by atoms with Gasteiger partial charge < -0.3 is 18.4 Å². The van der Waals surface area contributed by atoms with E-state index in [1.54, 1.807) is 0 Å². The van der Waals surface area contributed by atoms with Crippen molar-refractivity contribution in [3.8, 4) is 0 Å². The van der Waals surface area contributed by atoms with E-state index in [0.29, 0.717) is 0 Å². The maximum atomic E-state index is 6.96. The Hall–Kier alpha value is -5.32. The third-order valence-electron chi connectivity index (χ3n) is 10.8. The Bertz CT molecular complexity index is 2390. The number of ether oxygens (including phenoxy) is 1. The predicted molar refractivity (Wildman–Crippen MR) is 202 cm³/mol. The topological polar surface area (TPSA) is 24.0 Å². The van der Waals surface area contributed by atoms with Gasteiger partial charge in [-0.3, -0.25) is 0 Å². The molecule has 6 aromatic carbocycles. The van der Waals surface area contributed by atoms with Crippen LogP contribution in [0.15, 0.2) is 127 Å². The van der Waals surface area contributed by atoms with E-state index in [4.69, 9.17) is 4.74 Å². The molecule has 0 aliphatic rings. The van der Waals surface area contributed by atoms with Crippen LogP contribution in [-0.4, -0.2) is 20.8 Å². The van der Waals surface area contributed by atoms with Crippen LogP contribution in [0.25, 0.3) is 65.4 Å². The van der Waals surface area contributed by atoms with Gasteiger partial charge in [0, 0.05) is 92.2 Å². The minimum atomic E-state index is -0.864. The lowest BCUT2D eigenvalue weighted by Crippen LogP contribution is -2.31. The van der Waals surface area contributed by atoms with Crippen molar-refractivity contribution in [1.29, 1.82) is 0 Å². The Morgan fingerprint density at radius 1 is 0.396 bits per heavy atom. The molecule has 0 N–H and O–H groups in total. The van der Waals surface area contributed by atoms with E-state index in [1.807, 2.05) is 7.11 Å². The predicted octanol–water partition coefficient (Wildman–Crippen LogP) is 11.0. The Labute approximate surface area is 280 Å². The lowest BCUT2D eigenvalue weighted by Gasteiger charge is -2.35. The molecule has 0 radical (unpaired) electrons. The summed E-state index contributed by atoms with van der Waals surface area (Å²) in [5, 5.41) is 7.55. The maximum absolute atomic E-state index is 6.96. The van der Waals surface area contributed by atoms with Crippen molar-refractivity contribution in [1.82, 2.24) is 13.7 Å². The molecule has 0 atom stereocenters. The molecule has 9 aromatic rings. The van der Waals surface area contributed by atoms with Crippen molar-refractivity contribution < 1.29 is 4.74 Å². The zero-order valence-corrected chi connectivity index (χ0v) is 28.0. The quantitative estimate of drug-likeness (QED) is 0.162. The van der Waals surface area contributed by atoms with E-state index in [9.17, 15) is 0 Å². The molecule has 3 aromatic heterocycles. The molecule has 0 bridgehead atoms. The lowest BCUT2D eigenvalue weighted by molar-refractivity contribution is 0.0588. The van der Waals surface area contributed by atoms with Crippen molar-refractivity contribution in [3.05, 3.63) is 144 Å². The average Bonchev–Trinajstić information content (AvgIpc) is 3.76. The molecule has 0 spiro atoms. The Kier molecular flexibility index (Phi) is 6.53. The van der Waals surface area contributed by atoms with Crippen LogP contribution in [0.2, 0.25) is 0 Å². The fourth-order valence-corrected chi connectivity index (χ4v) is 8.69. The molecule has 0 aliphatic carbocycles. The normalized spacial score (nSPS) is 12.5. The van der Waals surface area contributed by atoms with Crippen LogP contribution in [0.3, 0.4) is 0 Å². The number of para-hydroxylation sites is 3. The largest absolute Gasteiger partial charge is 0.364 e. The number of fused-ring (bicyclic) bond motifs is 9. The number of methoxy groups -OCH3 is 1. The van der Waals surface area contributed by atoms with Gasteiger partial charge in [0.2, 0.25) is 0 Å². The summed E-state index contributed by atoms with van der Waals surface area (Å²) in [7, 11) is 1.87. The van der Waals surface area contributed by atoms with Gasteiger partial charge in [-0.15, -0.1) is 0 Å². The number of aryl methyl sites for hydroxylation is 3. The number of hydrogen-bond acceptors (Lipinski definition) is 1. The Morgan fingerprint density at radius 3 is 0.979 bits per heavy atom. The van der Waals surface area contributed by atoms with Crippen LogP contribution < -0.4 is 0 Å². The minimum Gasteiger partial charge on any atom is -0.364 e. The average molecular weight is 626 g/mol. The molecule has 0 fully saturated rings. The van der Waals surface area contributed by atoms with E-state index in [-0.39, 0.29) is 0 Å². The van der Waals surface area contributed by atoms with E-state index >= 15 is 0 Å². The first kappa shape index (κ1) is 28.9. The fraction of sp³-hybridized carbons (Fsp3) is 0.182. The standard InChI is InChI=1S/C44H39N3O/c1-5-45-38-17-11-8-14-32(38)35-26-29(20-23-41(35)45)44(48-4,30-21-24-42-36(27-30)33-15-9-12-18-39(33)46(42)6-2)31-22-25-43-37(28-31)34-16-10-13-19-40(34)47(43)7-3/h8-28H,5-7H2,1-4H3. The number of aromatic nitrogens is 3. The van der Waals surface area contributed by atoms with Gasteiger partial charge in [-0.25, -0.2) is 0 Å². The first-order valence-electron chi connectivity index (χ1n) is 17.2. The van der Waals surface area contributed by atoms with Crippen molar-refractivity contribution in [2.75, 3.05) is 7.11 Å². The molecule has 48 heavy (non-hydrogen) atoms. The third kappa shape index (κ3) is 3.81. The first-order valence-corrected chi connectivity index (χ1v) is 17.2. The molecule has 0 amide bonds. The van der Waals surface area contributed by atoms with Gasteiger partial charge in [0.25, 0.3) is 0 Å². The summed E-state index contributed by atoms with van der Waals surface area (Å²) in [6.07, 6.45) is 0. The van der Waals surface area contributed by atoms with E-state index < -0.39 is 5.60 Å². The summed E-state index contributed by atoms with van der Waals surface area (Å²) in [5.41, 5.74) is 10.0. The van der Waals surface area contributed by atoms with Gasteiger partial charge in [0.05, 0.1) is 0 Å². The highest BCUT2D eigenvalue weighted by Gasteiger charge is 2.38. The van der Waals surface area contributed by atoms with Crippen LogP contribution >= 0.6 is 0 Å². The molecule has 9 rings (SSSR count). The van der Waals surface area contributed by atoms with Gasteiger partial charge in [-0.2, -0.15) is 0 Å². The van der Waals surface area contributed by atoms with Crippen molar-refractivity contribution in [3.63, 3.8) is 0 Å². The monoisotopic (exact) mass is 625 g/mol. The molecule has 3 heterocycles. The number of hydrogen-bond donors (Lipinski definition) is 0. The van der Waals surface area contributed by atoms with Crippen LogP contribution in [0.5, 0.6) is 0 Å². The van der Waals surface area contributed by atoms with Crippen molar-refractivity contribution in [2.45, 2.75) is 46.0 Å². The molecular weight excluding hydrogens is 587 g/mol. The van der Waals surface area contributed by atoms with Gasteiger partial charge in [0.1, 0.15) is 5.60 Å². The van der Waals surface area contributed by atoms with Crippen molar-refractivity contribution in [2.24, 2.45) is 0 Å². The maximum Gasteiger partial charge on any atom is 0.143 e. The van der Waals surface area contributed by atoms with Crippen LogP contribution in [0.1, 0.15) is 37.5 Å². The second-order valence-electron chi connectivity index (χ2n) is 12.9. The van der Waals surface area contributed by atoms with Gasteiger partial charge >= 0.3 is 0 Å². The minimum absolute atomic E-state index is 0.864. The molecule has 4 heteroatoms. The molecule has 236 valence electrons. The lowest BCUT2D eigenvalue weighted by atomic mass is 9.78. The highest BCUT2D eigenvalue weighted by atomic mass is 16.5. The third-order valence-corrected chi connectivity index (χ3v) is 10.8. The van der Waals surface area contributed by atoms with E-state index in [0.717, 1.165) is 36.3 Å². The van der Waals surface area contributed by atoms with Crippen LogP contribution in [0.4, 0.5) is 0 Å². The highest BCUT2D eigenvalue weighted by molar-refractivity contribution is 6.10. The second-order valence-corrected chi connectivity index (χ2v) is 12.9. The van der Waals surface area contributed by atoms with Gasteiger partial charge in [0.15, 0.2) is 0 Å². The highest BCUT2D eigenvalue weighted by Crippen LogP contribution is 2.45. The molecule has 0 aliphatic heterocycles. The molecule has 0 unspecified atom stereocenters. The van der Waals surface area contributed by atoms with Crippen LogP contribution in [-0.2, 0) is 30.0 Å². The summed E-state index contributed by atoms with van der Waals surface area (Å²) < 4.78 is 14.2. The summed E-state index contributed by atoms with van der Waals surface area (Å²) in [4.78, 5) is 0. The smallest absolute Gasteiger partial charge is 0.143 e. The fourth-order valence-electron chi connectivity index (χ4n) is 8.69. The molecule has 0 saturated heterocycles. The van der Waals surface area contributed by atoms with E-state index in [1.165, 1.54) is 65.4 Å². The summed E-state index contributed by atoms with van der Waals surface area (Å²) in [5.74, 6) is 0. The number of nitrogens with zero attached hydrogens (tertiary/aromatic N) is 3. The Morgan fingerprint density at radius 2 is 0.688 bits per heavy atom. The number of rotatable bonds is 7. The second kappa shape index (κ2) is 10.9. The van der Waals surface area contributed by atoms with Gasteiger partial charge in [-0.05, 0) is 92.1 Å². The van der Waals surface area contributed by atoms with Crippen LogP contribution in [0, 0.1) is 0 Å². The Balaban J connectivity index is 1.39. The van der Waals surface area contributed by atoms with Gasteiger partial charge in [-0.1, -0.05) is 72.8 Å². The first-order chi connectivity index (χ1) is 23.6. The zero-order valence-electron chi connectivity index (χ0n) is 28.0. The van der Waals surface area contributed by atoms with E-state index in [2.05, 4.69) is 162 Å². The number of benzene rings is 6. The molecular formula is C44H39N3O. The molecule has 4 nitrogen and oxygen atoms in total. The summed E-state index contributed by atoms with van der Waals surface area (Å²) in [6, 6.07) is 47.2. The molecule has 0 saturated carbocycles. The zero-order chi connectivity index (χ0) is 32.6. The SMILES string of the molecule is CCn1c2ccccc2c2cc(C(OC)(c3ccc4c(c3)c3ccccc3n4CC)c3ccc4c(c3)c3ccccc3n4CC)ccc21.